The van der Waals surface area contributed by atoms with Crippen LogP contribution in [-0.4, -0.2) is 43.2 Å². The van der Waals surface area contributed by atoms with Crippen LogP contribution in [0.5, 0.6) is 0 Å². The first-order chi connectivity index (χ1) is 7.74. The van der Waals surface area contributed by atoms with Crippen molar-refractivity contribution in [2.24, 2.45) is 4.99 Å². The molecule has 2 rings (SSSR count). The first-order valence-corrected chi connectivity index (χ1v) is 5.93. The second-order valence-electron chi connectivity index (χ2n) is 4.13. The Morgan fingerprint density at radius 1 is 1.31 bits per heavy atom. The Balaban J connectivity index is 0.000000221. The maximum absolute atomic E-state index is 9.01. The topological polar surface area (TPSA) is 77.2 Å². The van der Waals surface area contributed by atoms with Crippen molar-refractivity contribution < 1.29 is 19.9 Å². The van der Waals surface area contributed by atoms with Gasteiger partial charge in [-0.15, -0.1) is 0 Å². The Morgan fingerprint density at radius 2 is 2.00 bits per heavy atom. The fraction of sp³-hybridized carbons (Fsp3) is 0.818. The molecule has 2 heterocycles. The van der Waals surface area contributed by atoms with Gasteiger partial charge in [-0.25, -0.2) is 4.99 Å². The standard InChI is InChI=1S/C9H16N2.C2H4O3/c1-2-5-9-10-6-4-8-11(9)7-3-1;3-1-2(4)5/h1-8H2;3H,1H2,(H,4,5). The van der Waals surface area contributed by atoms with Crippen LogP contribution in [-0.2, 0) is 4.79 Å². The molecule has 0 aromatic carbocycles. The molecular formula is C11H20N2O3. The highest BCUT2D eigenvalue weighted by atomic mass is 16.4. The smallest absolute Gasteiger partial charge is 0.196 e. The van der Waals surface area contributed by atoms with Crippen molar-refractivity contribution in [2.45, 2.75) is 32.1 Å². The third-order valence-electron chi connectivity index (χ3n) is 2.87. The van der Waals surface area contributed by atoms with Crippen LogP contribution in [0.2, 0.25) is 0 Å². The average Bonchev–Trinajstić information content (AvgIpc) is 2.54. The third kappa shape index (κ3) is 4.72. The number of hydrogen-bond donors (Lipinski definition) is 2. The summed E-state index contributed by atoms with van der Waals surface area (Å²) in [6, 6.07) is 0. The summed E-state index contributed by atoms with van der Waals surface area (Å²) >= 11 is 0. The average molecular weight is 228 g/mol. The number of carboxylic acids is 1. The van der Waals surface area contributed by atoms with Crippen molar-refractivity contribution in [3.63, 3.8) is 0 Å². The molecule has 2 aliphatic rings. The summed E-state index contributed by atoms with van der Waals surface area (Å²) in [5, 5.41) is 16.5. The van der Waals surface area contributed by atoms with E-state index in [0.717, 1.165) is 6.54 Å². The molecule has 5 heteroatoms. The molecule has 5 nitrogen and oxygen atoms in total. The number of aliphatic imine (C=N–C) groups is 1. The molecule has 0 aromatic rings. The predicted molar refractivity (Wildman–Crippen MR) is 58.2 cm³/mol. The van der Waals surface area contributed by atoms with Crippen molar-refractivity contribution in [1.82, 2.24) is 0 Å². The van der Waals surface area contributed by atoms with E-state index >= 15 is 0 Å². The zero-order chi connectivity index (χ0) is 11.8. The van der Waals surface area contributed by atoms with Gasteiger partial charge >= 0.3 is 0 Å². The summed E-state index contributed by atoms with van der Waals surface area (Å²) in [4.78, 5) is 15.3. The molecule has 0 amide bonds. The number of rotatable bonds is 1. The number of carbonyl (C=O) groups is 1. The van der Waals surface area contributed by atoms with Crippen molar-refractivity contribution in [3.05, 3.63) is 0 Å². The van der Waals surface area contributed by atoms with Gasteiger partial charge in [-0.1, -0.05) is 0 Å². The molecular weight excluding hydrogens is 208 g/mol. The Morgan fingerprint density at radius 3 is 2.69 bits per heavy atom. The number of aliphatic carboxylic acids is 1. The lowest BCUT2D eigenvalue weighted by Gasteiger charge is -2.21. The lowest BCUT2D eigenvalue weighted by atomic mass is 10.2. The van der Waals surface area contributed by atoms with Gasteiger partial charge in [-0.05, 0) is 19.3 Å². The fourth-order valence-corrected chi connectivity index (χ4v) is 2.10. The van der Waals surface area contributed by atoms with E-state index in [0.29, 0.717) is 0 Å². The first-order valence-electron chi connectivity index (χ1n) is 5.93. The molecule has 0 radical (unpaired) electrons. The molecule has 0 saturated carbocycles. The lowest BCUT2D eigenvalue weighted by molar-refractivity contribution is -0.809. The zero-order valence-corrected chi connectivity index (χ0v) is 9.57. The number of aliphatic hydroxyl groups excluding tert-OH is 1. The van der Waals surface area contributed by atoms with Gasteiger partial charge in [-0.2, -0.15) is 0 Å². The molecule has 1 fully saturated rings. The number of carboxylic acid groups (broad SMARTS) is 1. The maximum Gasteiger partial charge on any atom is 0.196 e. The van der Waals surface area contributed by atoms with E-state index < -0.39 is 12.6 Å². The Bertz CT molecular complexity index is 254. The van der Waals surface area contributed by atoms with Crippen LogP contribution in [0.15, 0.2) is 4.99 Å². The number of nitrogens with one attached hydrogen (secondary N) is 1. The SMILES string of the molecule is C1CCC2=NCCC[NH+]2CC1.O=C([O-])CO. The lowest BCUT2D eigenvalue weighted by Crippen LogP contribution is -3.15. The maximum atomic E-state index is 9.01. The van der Waals surface area contributed by atoms with Gasteiger partial charge in [0.15, 0.2) is 5.84 Å². The van der Waals surface area contributed by atoms with Crippen LogP contribution in [0, 0.1) is 0 Å². The van der Waals surface area contributed by atoms with Crippen LogP contribution in [0.3, 0.4) is 0 Å². The highest BCUT2D eigenvalue weighted by molar-refractivity contribution is 5.73. The van der Waals surface area contributed by atoms with Gasteiger partial charge in [-0.3, -0.25) is 4.90 Å². The summed E-state index contributed by atoms with van der Waals surface area (Å²) < 4.78 is 0. The van der Waals surface area contributed by atoms with Crippen LogP contribution >= 0.6 is 0 Å². The van der Waals surface area contributed by atoms with E-state index in [2.05, 4.69) is 4.99 Å². The van der Waals surface area contributed by atoms with Crippen LogP contribution < -0.4 is 10.0 Å². The van der Waals surface area contributed by atoms with Gasteiger partial charge in [0, 0.05) is 19.4 Å². The van der Waals surface area contributed by atoms with Gasteiger partial charge in [0.1, 0.15) is 0 Å². The van der Waals surface area contributed by atoms with Crippen molar-refractivity contribution >= 4 is 11.8 Å². The molecule has 92 valence electrons. The predicted octanol–water partition coefficient (Wildman–Crippen LogP) is -2.02. The van der Waals surface area contributed by atoms with Crippen LogP contribution in [0.25, 0.3) is 0 Å². The fourth-order valence-electron chi connectivity index (χ4n) is 2.10. The minimum Gasteiger partial charge on any atom is -0.548 e. The van der Waals surface area contributed by atoms with E-state index in [-0.39, 0.29) is 0 Å². The highest BCUT2D eigenvalue weighted by Crippen LogP contribution is 2.03. The molecule has 1 saturated heterocycles. The molecule has 16 heavy (non-hydrogen) atoms. The Hall–Kier alpha value is -0.940. The van der Waals surface area contributed by atoms with Gasteiger partial charge < -0.3 is 15.0 Å². The molecule has 1 unspecified atom stereocenters. The first kappa shape index (κ1) is 13.1. The minimum atomic E-state index is -1.44. The molecule has 0 bridgehead atoms. The van der Waals surface area contributed by atoms with Crippen LogP contribution in [0.4, 0.5) is 0 Å². The van der Waals surface area contributed by atoms with Gasteiger partial charge in [0.25, 0.3) is 0 Å². The normalized spacial score (nSPS) is 24.3. The molecule has 2 N–H and O–H groups in total. The minimum absolute atomic E-state index is 0.889. The molecule has 1 atom stereocenters. The number of carbonyl (C=O) groups excluding carboxylic acids is 1. The number of aliphatic hydroxyl groups is 1. The van der Waals surface area contributed by atoms with Crippen molar-refractivity contribution in [2.75, 3.05) is 26.2 Å². The monoisotopic (exact) mass is 228 g/mol. The summed E-state index contributed by atoms with van der Waals surface area (Å²) in [5.41, 5.74) is 0. The van der Waals surface area contributed by atoms with Crippen LogP contribution in [0.1, 0.15) is 32.1 Å². The number of fused-ring (bicyclic) bond motifs is 1. The summed E-state index contributed by atoms with van der Waals surface area (Å²) in [5.74, 6) is 0.0405. The highest BCUT2D eigenvalue weighted by Gasteiger charge is 2.21. The molecule has 0 aliphatic carbocycles. The van der Waals surface area contributed by atoms with Crippen molar-refractivity contribution in [3.8, 4) is 0 Å². The largest absolute Gasteiger partial charge is 0.548 e. The molecule has 0 aromatic heterocycles. The Labute approximate surface area is 95.8 Å². The van der Waals surface area contributed by atoms with E-state index in [1.165, 1.54) is 51.0 Å². The number of quaternary nitrogens is 1. The second kappa shape index (κ2) is 7.35. The van der Waals surface area contributed by atoms with Crippen molar-refractivity contribution in [1.29, 1.82) is 0 Å². The van der Waals surface area contributed by atoms with E-state index in [1.54, 1.807) is 4.90 Å². The van der Waals surface area contributed by atoms with Gasteiger partial charge in [0.05, 0.1) is 25.7 Å². The van der Waals surface area contributed by atoms with E-state index in [4.69, 9.17) is 15.0 Å². The summed E-state index contributed by atoms with van der Waals surface area (Å²) in [6.45, 7) is 2.90. The zero-order valence-electron chi connectivity index (χ0n) is 9.57. The summed E-state index contributed by atoms with van der Waals surface area (Å²) in [6.07, 6.45) is 6.79. The number of hydrogen-bond acceptors (Lipinski definition) is 4. The van der Waals surface area contributed by atoms with E-state index in [1.807, 2.05) is 0 Å². The number of amidine groups is 1. The quantitative estimate of drug-likeness (QED) is 0.544. The molecule has 2 aliphatic heterocycles. The number of nitrogens with zero attached hydrogens (tertiary/aromatic N) is 1. The third-order valence-corrected chi connectivity index (χ3v) is 2.87. The van der Waals surface area contributed by atoms with E-state index in [9.17, 15) is 0 Å². The molecule has 0 spiro atoms. The Kier molecular flexibility index (Phi) is 6.03. The summed E-state index contributed by atoms with van der Waals surface area (Å²) in [7, 11) is 0. The van der Waals surface area contributed by atoms with Gasteiger partial charge in [0.2, 0.25) is 0 Å². The second-order valence-corrected chi connectivity index (χ2v) is 4.13.